The number of methoxy groups -OCH3 is 2. The summed E-state index contributed by atoms with van der Waals surface area (Å²) in [6.07, 6.45) is 3.87. The number of ether oxygens (including phenoxy) is 2. The van der Waals surface area contributed by atoms with Gasteiger partial charge < -0.3 is 20.5 Å². The molecule has 0 aliphatic heterocycles. The van der Waals surface area contributed by atoms with Crippen molar-refractivity contribution in [1.82, 2.24) is 9.97 Å². The summed E-state index contributed by atoms with van der Waals surface area (Å²) in [6.45, 7) is 1.91. The van der Waals surface area contributed by atoms with E-state index in [4.69, 9.17) is 38.4 Å². The Morgan fingerprint density at radius 3 is 2.23 bits per heavy atom. The molecule has 0 aliphatic carbocycles. The van der Waals surface area contributed by atoms with Crippen LogP contribution in [0.3, 0.4) is 0 Å². The lowest BCUT2D eigenvalue weighted by molar-refractivity contribution is 0.394. The SMILES string of the molecule is COc1cc(OC)c(Cl)c(/C=C(\F)c2cnc(Nc3c(C)cccc3N)nc2)c1Cl. The van der Waals surface area contributed by atoms with Gasteiger partial charge in [0, 0.05) is 29.6 Å². The van der Waals surface area contributed by atoms with E-state index in [0.717, 1.165) is 5.56 Å². The number of hydrogen-bond acceptors (Lipinski definition) is 6. The summed E-state index contributed by atoms with van der Waals surface area (Å²) < 4.78 is 25.3. The molecule has 0 aliphatic rings. The zero-order chi connectivity index (χ0) is 21.8. The predicted octanol–water partition coefficient (Wildman–Crippen LogP) is 5.90. The Kier molecular flexibility index (Phi) is 6.64. The van der Waals surface area contributed by atoms with Crippen molar-refractivity contribution >= 4 is 52.4 Å². The van der Waals surface area contributed by atoms with Crippen LogP contribution >= 0.6 is 23.2 Å². The third-order valence-electron chi connectivity index (χ3n) is 4.35. The van der Waals surface area contributed by atoms with Crippen LogP contribution < -0.4 is 20.5 Å². The molecule has 2 aromatic carbocycles. The van der Waals surface area contributed by atoms with Gasteiger partial charge in [0.05, 0.1) is 35.6 Å². The second kappa shape index (κ2) is 9.19. The number of nitrogens with one attached hydrogen (secondary N) is 1. The molecule has 1 aromatic heterocycles. The molecule has 0 amide bonds. The number of anilines is 3. The normalized spacial score (nSPS) is 11.3. The summed E-state index contributed by atoms with van der Waals surface area (Å²) in [4.78, 5) is 8.31. The first-order valence-electron chi connectivity index (χ1n) is 8.77. The van der Waals surface area contributed by atoms with Crippen molar-refractivity contribution in [3.8, 4) is 11.5 Å². The van der Waals surface area contributed by atoms with Gasteiger partial charge in [-0.25, -0.2) is 14.4 Å². The average molecular weight is 449 g/mol. The Hall–Kier alpha value is -3.03. The van der Waals surface area contributed by atoms with Crippen LogP contribution in [-0.4, -0.2) is 24.2 Å². The molecule has 0 atom stereocenters. The number of hydrogen-bond donors (Lipinski definition) is 2. The fourth-order valence-corrected chi connectivity index (χ4v) is 3.34. The highest BCUT2D eigenvalue weighted by molar-refractivity contribution is 6.39. The van der Waals surface area contributed by atoms with E-state index >= 15 is 0 Å². The van der Waals surface area contributed by atoms with Gasteiger partial charge in [0.1, 0.15) is 17.3 Å². The highest BCUT2D eigenvalue weighted by atomic mass is 35.5. The van der Waals surface area contributed by atoms with Crippen molar-refractivity contribution in [2.75, 3.05) is 25.3 Å². The number of nitrogens with zero attached hydrogens (tertiary/aromatic N) is 2. The smallest absolute Gasteiger partial charge is 0.227 e. The number of nitrogen functional groups attached to an aromatic ring is 1. The Bertz CT molecular complexity index is 1060. The molecule has 3 rings (SSSR count). The molecular formula is C21H19Cl2FN4O2. The topological polar surface area (TPSA) is 82.3 Å². The molecule has 156 valence electrons. The third-order valence-corrected chi connectivity index (χ3v) is 5.13. The van der Waals surface area contributed by atoms with Gasteiger partial charge in [-0.1, -0.05) is 35.3 Å². The molecule has 6 nitrogen and oxygen atoms in total. The minimum atomic E-state index is -0.629. The zero-order valence-corrected chi connectivity index (χ0v) is 18.0. The van der Waals surface area contributed by atoms with E-state index in [-0.39, 0.29) is 27.1 Å². The van der Waals surface area contributed by atoms with Crippen molar-refractivity contribution in [3.63, 3.8) is 0 Å². The van der Waals surface area contributed by atoms with Crippen LogP contribution in [0.1, 0.15) is 16.7 Å². The number of benzene rings is 2. The predicted molar refractivity (Wildman–Crippen MR) is 119 cm³/mol. The van der Waals surface area contributed by atoms with E-state index in [9.17, 15) is 4.39 Å². The minimum Gasteiger partial charge on any atom is -0.495 e. The number of aromatic nitrogens is 2. The molecule has 9 heteroatoms. The second-order valence-electron chi connectivity index (χ2n) is 6.27. The number of halogens is 3. The molecule has 0 spiro atoms. The molecule has 1 heterocycles. The Morgan fingerprint density at radius 1 is 1.10 bits per heavy atom. The van der Waals surface area contributed by atoms with E-state index in [1.54, 1.807) is 6.07 Å². The Balaban J connectivity index is 1.91. The highest BCUT2D eigenvalue weighted by Gasteiger charge is 2.17. The standard InChI is InChI=1S/C21H19Cl2FN4O2/c1-11-5-4-6-15(25)20(11)28-21-26-9-12(10-27-21)14(24)7-13-18(22)16(29-2)8-17(30-3)19(13)23/h4-10H,25H2,1-3H3,(H,26,27,28)/b14-7-. The van der Waals surface area contributed by atoms with Gasteiger partial charge in [-0.3, -0.25) is 0 Å². The van der Waals surface area contributed by atoms with Crippen molar-refractivity contribution in [3.05, 3.63) is 63.4 Å². The molecule has 3 N–H and O–H groups in total. The maximum Gasteiger partial charge on any atom is 0.227 e. The van der Waals surface area contributed by atoms with E-state index in [0.29, 0.717) is 22.9 Å². The van der Waals surface area contributed by atoms with E-state index in [1.807, 2.05) is 19.1 Å². The van der Waals surface area contributed by atoms with Crippen LogP contribution in [-0.2, 0) is 0 Å². The van der Waals surface area contributed by atoms with E-state index in [1.165, 1.54) is 38.8 Å². The second-order valence-corrected chi connectivity index (χ2v) is 7.03. The van der Waals surface area contributed by atoms with Crippen LogP contribution in [0.25, 0.3) is 11.9 Å². The maximum absolute atomic E-state index is 14.9. The first-order valence-corrected chi connectivity index (χ1v) is 9.53. The van der Waals surface area contributed by atoms with Gasteiger partial charge in [-0.2, -0.15) is 0 Å². The molecule has 0 saturated carbocycles. The molecular weight excluding hydrogens is 430 g/mol. The molecule has 0 unspecified atom stereocenters. The van der Waals surface area contributed by atoms with Crippen molar-refractivity contribution in [2.24, 2.45) is 0 Å². The average Bonchev–Trinajstić information content (AvgIpc) is 2.74. The minimum absolute atomic E-state index is 0.146. The molecule has 0 fully saturated rings. The van der Waals surface area contributed by atoms with Gasteiger partial charge in [0.2, 0.25) is 5.95 Å². The summed E-state index contributed by atoms with van der Waals surface area (Å²) in [7, 11) is 2.89. The Labute approximate surface area is 183 Å². The number of aryl methyl sites for hydroxylation is 1. The van der Waals surface area contributed by atoms with Crippen LogP contribution in [0.15, 0.2) is 36.7 Å². The monoisotopic (exact) mass is 448 g/mol. The largest absolute Gasteiger partial charge is 0.495 e. The van der Waals surface area contributed by atoms with Gasteiger partial charge in [0.25, 0.3) is 0 Å². The molecule has 0 bridgehead atoms. The number of nitrogens with two attached hydrogens (primary N) is 1. The highest BCUT2D eigenvalue weighted by Crippen LogP contribution is 2.42. The van der Waals surface area contributed by atoms with Crippen LogP contribution in [0.4, 0.5) is 21.7 Å². The summed E-state index contributed by atoms with van der Waals surface area (Å²) in [5, 5.41) is 3.36. The van der Waals surface area contributed by atoms with Crippen molar-refractivity contribution < 1.29 is 13.9 Å². The fourth-order valence-electron chi connectivity index (χ4n) is 2.73. The van der Waals surface area contributed by atoms with Gasteiger partial charge >= 0.3 is 0 Å². The lowest BCUT2D eigenvalue weighted by Gasteiger charge is -2.12. The fraction of sp³-hybridized carbons (Fsp3) is 0.143. The van der Waals surface area contributed by atoms with Crippen LogP contribution in [0.5, 0.6) is 11.5 Å². The molecule has 0 saturated heterocycles. The molecule has 30 heavy (non-hydrogen) atoms. The lowest BCUT2D eigenvalue weighted by Crippen LogP contribution is -2.02. The van der Waals surface area contributed by atoms with Gasteiger partial charge in [-0.15, -0.1) is 0 Å². The summed E-state index contributed by atoms with van der Waals surface area (Å²) in [6, 6.07) is 7.05. The first-order chi connectivity index (χ1) is 14.3. The zero-order valence-electron chi connectivity index (χ0n) is 16.5. The van der Waals surface area contributed by atoms with Gasteiger partial charge in [0.15, 0.2) is 0 Å². The lowest BCUT2D eigenvalue weighted by atomic mass is 10.1. The van der Waals surface area contributed by atoms with Crippen LogP contribution in [0, 0.1) is 6.92 Å². The first kappa shape index (κ1) is 21.7. The van der Waals surface area contributed by atoms with E-state index in [2.05, 4.69) is 15.3 Å². The van der Waals surface area contributed by atoms with Crippen molar-refractivity contribution in [2.45, 2.75) is 6.92 Å². The number of para-hydroxylation sites is 1. The summed E-state index contributed by atoms with van der Waals surface area (Å²) >= 11 is 12.6. The van der Waals surface area contributed by atoms with Gasteiger partial charge in [-0.05, 0) is 24.6 Å². The van der Waals surface area contributed by atoms with Crippen molar-refractivity contribution in [1.29, 1.82) is 0 Å². The molecule has 0 radical (unpaired) electrons. The summed E-state index contributed by atoms with van der Waals surface area (Å²) in [5.74, 6) is 0.273. The third kappa shape index (κ3) is 4.42. The summed E-state index contributed by atoms with van der Waals surface area (Å²) in [5.41, 5.74) is 8.54. The molecule has 3 aromatic rings. The van der Waals surface area contributed by atoms with E-state index < -0.39 is 5.83 Å². The quantitative estimate of drug-likeness (QED) is 0.456. The number of rotatable bonds is 6. The van der Waals surface area contributed by atoms with Crippen LogP contribution in [0.2, 0.25) is 10.0 Å². The Morgan fingerprint density at radius 2 is 1.70 bits per heavy atom. The maximum atomic E-state index is 14.9.